The van der Waals surface area contributed by atoms with Gasteiger partial charge in [0.15, 0.2) is 0 Å². The Hall–Kier alpha value is 0.130. The molecule has 0 radical (unpaired) electrons. The van der Waals surface area contributed by atoms with Gasteiger partial charge in [-0.15, -0.1) is 12.4 Å². The van der Waals surface area contributed by atoms with E-state index < -0.39 is 12.2 Å². The number of aliphatic hydroxyl groups is 2. The molecule has 0 aromatic heterocycles. The summed E-state index contributed by atoms with van der Waals surface area (Å²) in [6, 6.07) is -0.0431. The summed E-state index contributed by atoms with van der Waals surface area (Å²) in [4.78, 5) is 0. The third-order valence-corrected chi connectivity index (χ3v) is 2.52. The van der Waals surface area contributed by atoms with Gasteiger partial charge in [-0.05, 0) is 6.42 Å². The first kappa shape index (κ1) is 9.22. The molecule has 66 valence electrons. The Bertz CT molecular complexity index is 156. The second-order valence-electron chi connectivity index (χ2n) is 3.18. The van der Waals surface area contributed by atoms with Crippen LogP contribution in [0.2, 0.25) is 0 Å². The first-order chi connectivity index (χ1) is 4.70. The van der Waals surface area contributed by atoms with Gasteiger partial charge in [0, 0.05) is 12.1 Å². The summed E-state index contributed by atoms with van der Waals surface area (Å²) in [6.07, 6.45) is -0.485. The lowest BCUT2D eigenvalue weighted by atomic mass is 9.91. The standard InChI is InChI=1S/C6H12N2O2.ClH/c7-2-1-3-5(9)6(10)4(2)8-3;/h2-6,8-10H,1,7H2;1H. The maximum absolute atomic E-state index is 9.27. The average molecular weight is 181 g/mol. The molecular weight excluding hydrogens is 168 g/mol. The Labute approximate surface area is 71.2 Å². The summed E-state index contributed by atoms with van der Waals surface area (Å²) in [7, 11) is 0. The van der Waals surface area contributed by atoms with Crippen molar-refractivity contribution in [3.63, 3.8) is 0 Å². The van der Waals surface area contributed by atoms with Crippen LogP contribution in [-0.2, 0) is 0 Å². The molecule has 0 aromatic carbocycles. The van der Waals surface area contributed by atoms with E-state index in [0.29, 0.717) is 0 Å². The maximum Gasteiger partial charge on any atom is 0.0982 e. The minimum Gasteiger partial charge on any atom is -0.389 e. The Morgan fingerprint density at radius 1 is 1.27 bits per heavy atom. The zero-order chi connectivity index (χ0) is 7.30. The summed E-state index contributed by atoms with van der Waals surface area (Å²) in [6.45, 7) is 0. The quantitative estimate of drug-likeness (QED) is 0.355. The largest absolute Gasteiger partial charge is 0.389 e. The van der Waals surface area contributed by atoms with Gasteiger partial charge < -0.3 is 21.3 Å². The van der Waals surface area contributed by atoms with Crippen LogP contribution in [0.1, 0.15) is 6.42 Å². The van der Waals surface area contributed by atoms with Crippen LogP contribution in [0.3, 0.4) is 0 Å². The Morgan fingerprint density at radius 3 is 2.27 bits per heavy atom. The lowest BCUT2D eigenvalue weighted by Crippen LogP contribution is -2.48. The molecule has 5 N–H and O–H groups in total. The predicted octanol–water partition coefficient (Wildman–Crippen LogP) is -1.80. The zero-order valence-corrected chi connectivity index (χ0v) is 6.79. The molecule has 2 saturated heterocycles. The Balaban J connectivity index is 0.000000605. The monoisotopic (exact) mass is 180 g/mol. The van der Waals surface area contributed by atoms with E-state index in [9.17, 15) is 10.2 Å². The molecule has 2 heterocycles. The summed E-state index contributed by atoms with van der Waals surface area (Å²) in [5.41, 5.74) is 5.64. The Kier molecular flexibility index (Phi) is 2.41. The molecule has 2 bridgehead atoms. The third kappa shape index (κ3) is 1.15. The first-order valence-corrected chi connectivity index (χ1v) is 3.58. The topological polar surface area (TPSA) is 78.5 Å². The van der Waals surface area contributed by atoms with Gasteiger partial charge in [-0.25, -0.2) is 0 Å². The van der Waals surface area contributed by atoms with Gasteiger partial charge >= 0.3 is 0 Å². The van der Waals surface area contributed by atoms with Crippen LogP contribution in [0.4, 0.5) is 0 Å². The van der Waals surface area contributed by atoms with E-state index >= 15 is 0 Å². The van der Waals surface area contributed by atoms with Crippen molar-refractivity contribution in [3.8, 4) is 0 Å². The van der Waals surface area contributed by atoms with Crippen LogP contribution in [-0.4, -0.2) is 40.5 Å². The molecular formula is C6H13ClN2O2. The van der Waals surface area contributed by atoms with Crippen LogP contribution in [0.25, 0.3) is 0 Å². The number of rotatable bonds is 0. The van der Waals surface area contributed by atoms with Gasteiger partial charge in [-0.1, -0.05) is 0 Å². The van der Waals surface area contributed by atoms with E-state index in [2.05, 4.69) is 5.32 Å². The van der Waals surface area contributed by atoms with Crippen molar-refractivity contribution in [3.05, 3.63) is 0 Å². The third-order valence-electron chi connectivity index (χ3n) is 2.52. The second kappa shape index (κ2) is 2.88. The molecule has 5 unspecified atom stereocenters. The number of hydrogen-bond acceptors (Lipinski definition) is 4. The van der Waals surface area contributed by atoms with E-state index in [1.807, 2.05) is 0 Å². The van der Waals surface area contributed by atoms with E-state index in [-0.39, 0.29) is 30.5 Å². The summed E-state index contributed by atoms with van der Waals surface area (Å²) >= 11 is 0. The van der Waals surface area contributed by atoms with Crippen LogP contribution >= 0.6 is 12.4 Å². The van der Waals surface area contributed by atoms with Crippen molar-refractivity contribution in [2.75, 3.05) is 0 Å². The fourth-order valence-corrected chi connectivity index (χ4v) is 1.92. The number of nitrogens with two attached hydrogens (primary N) is 1. The van der Waals surface area contributed by atoms with Gasteiger partial charge in [0.1, 0.15) is 0 Å². The minimum atomic E-state index is -0.659. The van der Waals surface area contributed by atoms with Crippen LogP contribution in [0, 0.1) is 0 Å². The lowest BCUT2D eigenvalue weighted by molar-refractivity contribution is 0.00775. The summed E-state index contributed by atoms with van der Waals surface area (Å²) in [5, 5.41) is 21.6. The zero-order valence-electron chi connectivity index (χ0n) is 5.97. The van der Waals surface area contributed by atoms with Crippen molar-refractivity contribution in [1.82, 2.24) is 5.32 Å². The highest BCUT2D eigenvalue weighted by atomic mass is 35.5. The normalized spacial score (nSPS) is 54.3. The number of fused-ring (bicyclic) bond motifs is 2. The molecule has 2 fully saturated rings. The highest BCUT2D eigenvalue weighted by Gasteiger charge is 2.49. The number of nitrogens with one attached hydrogen (secondary N) is 1. The molecule has 11 heavy (non-hydrogen) atoms. The van der Waals surface area contributed by atoms with Gasteiger partial charge in [-0.3, -0.25) is 0 Å². The smallest absolute Gasteiger partial charge is 0.0982 e. The summed E-state index contributed by atoms with van der Waals surface area (Å²) < 4.78 is 0. The molecule has 4 nitrogen and oxygen atoms in total. The van der Waals surface area contributed by atoms with Crippen LogP contribution in [0.15, 0.2) is 0 Å². The highest BCUT2D eigenvalue weighted by Crippen LogP contribution is 2.27. The SMILES string of the molecule is Cl.NC1CC2NC1C(O)C2O. The van der Waals surface area contributed by atoms with Crippen LogP contribution < -0.4 is 11.1 Å². The molecule has 5 atom stereocenters. The average Bonchev–Trinajstić information content (AvgIpc) is 2.36. The second-order valence-corrected chi connectivity index (χ2v) is 3.18. The van der Waals surface area contributed by atoms with Gasteiger partial charge in [0.25, 0.3) is 0 Å². The first-order valence-electron chi connectivity index (χ1n) is 3.58. The molecule has 0 saturated carbocycles. The van der Waals surface area contributed by atoms with Crippen molar-refractivity contribution in [1.29, 1.82) is 0 Å². The van der Waals surface area contributed by atoms with Crippen molar-refractivity contribution < 1.29 is 10.2 Å². The number of hydrogen-bond donors (Lipinski definition) is 4. The molecule has 0 aliphatic carbocycles. The van der Waals surface area contributed by atoms with Gasteiger partial charge in [0.2, 0.25) is 0 Å². The van der Waals surface area contributed by atoms with Gasteiger partial charge in [0.05, 0.1) is 18.2 Å². The predicted molar refractivity (Wildman–Crippen MR) is 42.6 cm³/mol. The van der Waals surface area contributed by atoms with Crippen LogP contribution in [0.5, 0.6) is 0 Å². The molecule has 0 spiro atoms. The fraction of sp³-hybridized carbons (Fsp3) is 1.00. The molecule has 0 amide bonds. The Morgan fingerprint density at radius 2 is 1.91 bits per heavy atom. The van der Waals surface area contributed by atoms with E-state index in [1.54, 1.807) is 0 Å². The van der Waals surface area contributed by atoms with E-state index in [1.165, 1.54) is 0 Å². The van der Waals surface area contributed by atoms with Crippen molar-refractivity contribution >= 4 is 12.4 Å². The summed E-state index contributed by atoms with van der Waals surface area (Å²) in [5.74, 6) is 0. The molecule has 2 aliphatic heterocycles. The number of halogens is 1. The lowest BCUT2D eigenvalue weighted by Gasteiger charge is -2.24. The highest BCUT2D eigenvalue weighted by molar-refractivity contribution is 5.85. The minimum absolute atomic E-state index is 0. The van der Waals surface area contributed by atoms with Crippen molar-refractivity contribution in [2.24, 2.45) is 5.73 Å². The van der Waals surface area contributed by atoms with E-state index in [4.69, 9.17) is 5.73 Å². The molecule has 2 aliphatic rings. The maximum atomic E-state index is 9.27. The fourth-order valence-electron chi connectivity index (χ4n) is 1.92. The van der Waals surface area contributed by atoms with E-state index in [0.717, 1.165) is 6.42 Å². The molecule has 5 heteroatoms. The molecule has 0 aromatic rings. The number of aliphatic hydroxyl groups excluding tert-OH is 2. The van der Waals surface area contributed by atoms with Crippen molar-refractivity contribution in [2.45, 2.75) is 36.8 Å². The molecule has 2 rings (SSSR count). The van der Waals surface area contributed by atoms with Gasteiger partial charge in [-0.2, -0.15) is 0 Å².